The molecule has 0 bridgehead atoms. The number of nitrogens with zero attached hydrogens (tertiary/aromatic N) is 1. The van der Waals surface area contributed by atoms with Crippen molar-refractivity contribution in [2.75, 3.05) is 24.7 Å². The standard InChI is InChI=1S/C33H42N4O6/c1-5-37(26-10-8-25(9-11-26)36-33(41)42)30-18-24(23-6-12-27(13-7-23)43-15-14-38)17-28(22(30)4)31(39)34-19-29-20(2)16-21(3)35-32(29)40/h6-7,12-13,16-18,25-26,36,38H,5,8-11,14-15,19H2,1-4H3,(H,34,39)(H,35,40)(H,41,42)/t25-,26-. The Morgan fingerprint density at radius 2 is 1.72 bits per heavy atom. The number of aryl methyl sites for hydroxylation is 2. The van der Waals surface area contributed by atoms with Crippen LogP contribution in [0.1, 0.15) is 65.3 Å². The van der Waals surface area contributed by atoms with E-state index in [0.29, 0.717) is 16.9 Å². The van der Waals surface area contributed by atoms with Gasteiger partial charge in [-0.15, -0.1) is 0 Å². The number of aromatic nitrogens is 1. The first-order valence-corrected chi connectivity index (χ1v) is 14.8. The van der Waals surface area contributed by atoms with Crippen LogP contribution in [0.5, 0.6) is 5.75 Å². The van der Waals surface area contributed by atoms with Gasteiger partial charge in [0.15, 0.2) is 0 Å². The third-order valence-corrected chi connectivity index (χ3v) is 8.21. The van der Waals surface area contributed by atoms with E-state index in [1.54, 1.807) is 0 Å². The van der Waals surface area contributed by atoms with Crippen LogP contribution in [0, 0.1) is 20.8 Å². The first kappa shape index (κ1) is 31.6. The number of carbonyl (C=O) groups excluding carboxylic acids is 1. The number of aliphatic hydroxyl groups excluding tert-OH is 1. The molecule has 10 nitrogen and oxygen atoms in total. The fourth-order valence-corrected chi connectivity index (χ4v) is 6.00. The van der Waals surface area contributed by atoms with E-state index < -0.39 is 6.09 Å². The molecule has 1 aromatic heterocycles. The minimum absolute atomic E-state index is 0.0545. The average molecular weight is 591 g/mol. The fourth-order valence-electron chi connectivity index (χ4n) is 6.00. The van der Waals surface area contributed by atoms with E-state index in [-0.39, 0.29) is 43.3 Å². The van der Waals surface area contributed by atoms with E-state index in [4.69, 9.17) is 14.9 Å². The second kappa shape index (κ2) is 14.2. The van der Waals surface area contributed by atoms with Crippen LogP contribution < -0.4 is 25.8 Å². The van der Waals surface area contributed by atoms with Gasteiger partial charge in [0.2, 0.25) is 0 Å². The molecule has 1 heterocycles. The number of aliphatic hydroxyl groups is 1. The molecule has 4 rings (SSSR count). The zero-order valence-electron chi connectivity index (χ0n) is 25.3. The summed E-state index contributed by atoms with van der Waals surface area (Å²) in [5, 5.41) is 23.8. The van der Waals surface area contributed by atoms with Crippen LogP contribution in [0.3, 0.4) is 0 Å². The molecular formula is C33H42N4O6. The van der Waals surface area contributed by atoms with Crippen molar-refractivity contribution in [3.05, 3.63) is 80.8 Å². The number of amides is 2. The van der Waals surface area contributed by atoms with Gasteiger partial charge in [0.05, 0.1) is 6.61 Å². The predicted octanol–water partition coefficient (Wildman–Crippen LogP) is 4.67. The van der Waals surface area contributed by atoms with E-state index in [9.17, 15) is 14.4 Å². The van der Waals surface area contributed by atoms with Crippen molar-refractivity contribution < 1.29 is 24.5 Å². The van der Waals surface area contributed by atoms with Gasteiger partial charge in [-0.3, -0.25) is 9.59 Å². The smallest absolute Gasteiger partial charge is 0.404 e. The van der Waals surface area contributed by atoms with Crippen LogP contribution in [0.4, 0.5) is 10.5 Å². The normalized spacial score (nSPS) is 16.4. The van der Waals surface area contributed by atoms with Crippen molar-refractivity contribution in [1.82, 2.24) is 15.6 Å². The molecule has 1 saturated carbocycles. The van der Waals surface area contributed by atoms with Crippen molar-refractivity contribution in [1.29, 1.82) is 0 Å². The lowest BCUT2D eigenvalue weighted by Gasteiger charge is -2.39. The molecule has 0 radical (unpaired) electrons. The zero-order valence-corrected chi connectivity index (χ0v) is 25.3. The SMILES string of the molecule is CCN(c1cc(-c2ccc(OCCO)cc2)cc(C(=O)NCc2c(C)cc(C)[nH]c2=O)c1C)[C@H]1CC[C@H](NC(=O)O)CC1. The molecule has 0 unspecified atom stereocenters. The van der Waals surface area contributed by atoms with Gasteiger partial charge in [0, 0.05) is 47.7 Å². The van der Waals surface area contributed by atoms with Crippen molar-refractivity contribution in [3.63, 3.8) is 0 Å². The molecule has 0 spiro atoms. The summed E-state index contributed by atoms with van der Waals surface area (Å²) in [5.41, 5.74) is 5.98. The van der Waals surface area contributed by atoms with E-state index in [1.807, 2.05) is 57.2 Å². The number of nitrogens with one attached hydrogen (secondary N) is 3. The Morgan fingerprint density at radius 3 is 2.33 bits per heavy atom. The monoisotopic (exact) mass is 590 g/mol. The molecule has 0 aliphatic heterocycles. The molecule has 0 atom stereocenters. The molecule has 43 heavy (non-hydrogen) atoms. The Labute approximate surface area is 252 Å². The molecule has 10 heteroatoms. The van der Waals surface area contributed by atoms with Crippen molar-refractivity contribution >= 4 is 17.7 Å². The third kappa shape index (κ3) is 7.75. The maximum absolute atomic E-state index is 13.7. The molecule has 230 valence electrons. The van der Waals surface area contributed by atoms with Crippen LogP contribution in [-0.4, -0.2) is 59.0 Å². The van der Waals surface area contributed by atoms with E-state index in [0.717, 1.165) is 65.9 Å². The Hall–Kier alpha value is -4.31. The maximum atomic E-state index is 13.7. The topological polar surface area (TPSA) is 144 Å². The number of carboxylic acid groups (broad SMARTS) is 1. The number of benzene rings is 2. The largest absolute Gasteiger partial charge is 0.491 e. The third-order valence-electron chi connectivity index (χ3n) is 8.21. The molecule has 5 N–H and O–H groups in total. The highest BCUT2D eigenvalue weighted by atomic mass is 16.5. The van der Waals surface area contributed by atoms with Crippen LogP contribution >= 0.6 is 0 Å². The minimum atomic E-state index is -0.995. The van der Waals surface area contributed by atoms with E-state index in [1.165, 1.54) is 0 Å². The number of pyridine rings is 1. The van der Waals surface area contributed by atoms with E-state index in [2.05, 4.69) is 33.5 Å². The number of ether oxygens (including phenoxy) is 1. The number of rotatable bonds is 11. The predicted molar refractivity (Wildman–Crippen MR) is 167 cm³/mol. The second-order valence-electron chi connectivity index (χ2n) is 11.1. The number of hydrogen-bond acceptors (Lipinski definition) is 6. The Balaban J connectivity index is 1.68. The first-order valence-electron chi connectivity index (χ1n) is 14.8. The van der Waals surface area contributed by atoms with Crippen LogP contribution in [-0.2, 0) is 6.54 Å². The van der Waals surface area contributed by atoms with Crippen LogP contribution in [0.25, 0.3) is 11.1 Å². The highest BCUT2D eigenvalue weighted by Gasteiger charge is 2.28. The average Bonchev–Trinajstić information content (AvgIpc) is 2.97. The van der Waals surface area contributed by atoms with Gasteiger partial charge in [-0.25, -0.2) is 4.79 Å². The summed E-state index contributed by atoms with van der Waals surface area (Å²) < 4.78 is 5.53. The molecule has 1 fully saturated rings. The van der Waals surface area contributed by atoms with Gasteiger partial charge in [-0.1, -0.05) is 12.1 Å². The molecule has 1 aliphatic carbocycles. The highest BCUT2D eigenvalue weighted by molar-refractivity contribution is 5.99. The molecule has 2 aromatic carbocycles. The summed E-state index contributed by atoms with van der Waals surface area (Å²) in [7, 11) is 0. The lowest BCUT2D eigenvalue weighted by atomic mass is 9.88. The zero-order chi connectivity index (χ0) is 31.1. The highest BCUT2D eigenvalue weighted by Crippen LogP contribution is 2.35. The number of carbonyl (C=O) groups is 2. The van der Waals surface area contributed by atoms with Gasteiger partial charge >= 0.3 is 6.09 Å². The number of anilines is 1. The Kier molecular flexibility index (Phi) is 10.5. The molecule has 2 amide bonds. The van der Waals surface area contributed by atoms with Gasteiger partial charge in [0.25, 0.3) is 11.5 Å². The van der Waals surface area contributed by atoms with E-state index >= 15 is 0 Å². The van der Waals surface area contributed by atoms with Gasteiger partial charge in [-0.2, -0.15) is 0 Å². The minimum Gasteiger partial charge on any atom is -0.491 e. The summed E-state index contributed by atoms with van der Waals surface area (Å²) in [4.78, 5) is 42.6. The number of H-pyrrole nitrogens is 1. The maximum Gasteiger partial charge on any atom is 0.404 e. The Morgan fingerprint density at radius 1 is 1.02 bits per heavy atom. The summed E-state index contributed by atoms with van der Waals surface area (Å²) in [6, 6.07) is 13.6. The fraction of sp³-hybridized carbons (Fsp3) is 0.424. The summed E-state index contributed by atoms with van der Waals surface area (Å²) in [6.07, 6.45) is 2.16. The molecule has 3 aromatic rings. The summed E-state index contributed by atoms with van der Waals surface area (Å²) in [5.74, 6) is 0.372. The summed E-state index contributed by atoms with van der Waals surface area (Å²) >= 11 is 0. The second-order valence-corrected chi connectivity index (χ2v) is 11.1. The first-order chi connectivity index (χ1) is 20.6. The lowest BCUT2D eigenvalue weighted by Crippen LogP contribution is -2.44. The molecule has 1 aliphatic rings. The van der Waals surface area contributed by atoms with Crippen LogP contribution in [0.15, 0.2) is 47.3 Å². The molecule has 0 saturated heterocycles. The molecular weight excluding hydrogens is 548 g/mol. The quantitative estimate of drug-likeness (QED) is 0.218. The van der Waals surface area contributed by atoms with Crippen molar-refractivity contribution in [3.8, 4) is 16.9 Å². The summed E-state index contributed by atoms with van der Waals surface area (Å²) in [6.45, 7) is 8.69. The van der Waals surface area contributed by atoms with Gasteiger partial charge < -0.3 is 35.5 Å². The number of hydrogen-bond donors (Lipinski definition) is 5. The van der Waals surface area contributed by atoms with Gasteiger partial charge in [-0.05, 0) is 106 Å². The Bertz CT molecular complexity index is 1490. The van der Waals surface area contributed by atoms with Gasteiger partial charge in [0.1, 0.15) is 12.4 Å². The number of aromatic amines is 1. The lowest BCUT2D eigenvalue weighted by molar-refractivity contribution is 0.0950. The van der Waals surface area contributed by atoms with Crippen molar-refractivity contribution in [2.24, 2.45) is 0 Å². The van der Waals surface area contributed by atoms with Crippen LogP contribution in [0.2, 0.25) is 0 Å². The van der Waals surface area contributed by atoms with Crippen molar-refractivity contribution in [2.45, 2.75) is 72.0 Å².